The molecule has 1 aromatic carbocycles. The van der Waals surface area contributed by atoms with E-state index in [1.165, 1.54) is 22.2 Å². The molecular formula is C23H22N6OS2. The van der Waals surface area contributed by atoms with E-state index >= 15 is 0 Å². The van der Waals surface area contributed by atoms with Crippen LogP contribution in [-0.2, 0) is 0 Å². The molecule has 1 saturated heterocycles. The molecule has 0 aliphatic carbocycles. The van der Waals surface area contributed by atoms with Crippen molar-refractivity contribution in [2.75, 3.05) is 31.1 Å². The molecule has 7 nitrogen and oxygen atoms in total. The Labute approximate surface area is 194 Å². The van der Waals surface area contributed by atoms with E-state index < -0.39 is 0 Å². The Hall–Kier alpha value is -3.04. The Morgan fingerprint density at radius 2 is 1.72 bits per heavy atom. The number of aromatic nitrogens is 4. The molecule has 1 aliphatic rings. The molecule has 1 amide bonds. The van der Waals surface area contributed by atoms with Gasteiger partial charge in [-0.05, 0) is 37.6 Å². The molecule has 4 heterocycles. The van der Waals surface area contributed by atoms with Crippen LogP contribution < -0.4 is 4.90 Å². The lowest BCUT2D eigenvalue weighted by Crippen LogP contribution is -2.49. The fraction of sp³-hybridized carbons (Fsp3) is 0.261. The zero-order valence-corrected chi connectivity index (χ0v) is 19.5. The number of amides is 1. The Bertz CT molecular complexity index is 1270. The number of hydrogen-bond donors (Lipinski definition) is 0. The Kier molecular flexibility index (Phi) is 5.75. The number of carbonyl (C=O) groups excluding carboxylic acids is 1. The summed E-state index contributed by atoms with van der Waals surface area (Å²) in [6, 6.07) is 9.59. The van der Waals surface area contributed by atoms with Crippen LogP contribution in [0.1, 0.15) is 20.8 Å². The first-order valence-electron chi connectivity index (χ1n) is 10.4. The van der Waals surface area contributed by atoms with Crippen molar-refractivity contribution in [1.82, 2.24) is 24.8 Å². The smallest absolute Gasteiger partial charge is 0.255 e. The fourth-order valence-electron chi connectivity index (χ4n) is 3.80. The van der Waals surface area contributed by atoms with Gasteiger partial charge in [0.15, 0.2) is 0 Å². The summed E-state index contributed by atoms with van der Waals surface area (Å²) in [7, 11) is 0. The molecule has 0 spiro atoms. The van der Waals surface area contributed by atoms with Crippen LogP contribution in [0.3, 0.4) is 0 Å². The van der Waals surface area contributed by atoms with E-state index in [0.29, 0.717) is 37.7 Å². The number of aryl methyl sites for hydroxylation is 2. The summed E-state index contributed by atoms with van der Waals surface area (Å²) in [5.74, 6) is 0.759. The lowest BCUT2D eigenvalue weighted by Gasteiger charge is -2.35. The highest BCUT2D eigenvalue weighted by Crippen LogP contribution is 2.38. The summed E-state index contributed by atoms with van der Waals surface area (Å²) >= 11 is 3.22. The molecule has 0 atom stereocenters. The quantitative estimate of drug-likeness (QED) is 0.421. The number of fused-ring (bicyclic) bond motifs is 1. The fourth-order valence-corrected chi connectivity index (χ4v) is 5.93. The highest BCUT2D eigenvalue weighted by molar-refractivity contribution is 7.99. The van der Waals surface area contributed by atoms with Gasteiger partial charge in [-0.1, -0.05) is 23.9 Å². The molecule has 0 saturated carbocycles. The zero-order valence-electron chi connectivity index (χ0n) is 17.9. The summed E-state index contributed by atoms with van der Waals surface area (Å²) in [4.78, 5) is 38.2. The molecule has 0 unspecified atom stereocenters. The minimum atomic E-state index is 0.0465. The van der Waals surface area contributed by atoms with Crippen molar-refractivity contribution in [3.05, 3.63) is 65.1 Å². The lowest BCUT2D eigenvalue weighted by atomic mass is 10.2. The standard InChI is InChI=1S/C23H22N6OS2/c1-15-16(2)31-20-19(15)21(27-14-26-20)32-18-7-4-3-6-17(18)22(30)28-10-12-29(13-11-28)23-24-8-5-9-25-23/h3-9,14H,10-13H2,1-2H3. The predicted molar refractivity (Wildman–Crippen MR) is 128 cm³/mol. The number of benzene rings is 1. The summed E-state index contributed by atoms with van der Waals surface area (Å²) in [6.07, 6.45) is 5.09. The zero-order chi connectivity index (χ0) is 22.1. The molecule has 5 rings (SSSR count). The van der Waals surface area contributed by atoms with Crippen LogP contribution in [0.15, 0.2) is 59.0 Å². The van der Waals surface area contributed by atoms with Crippen molar-refractivity contribution >= 4 is 45.2 Å². The number of carbonyl (C=O) groups is 1. The van der Waals surface area contributed by atoms with E-state index in [1.54, 1.807) is 30.1 Å². The second-order valence-corrected chi connectivity index (χ2v) is 9.80. The number of thiophene rings is 1. The number of rotatable bonds is 4. The van der Waals surface area contributed by atoms with Crippen LogP contribution in [0, 0.1) is 13.8 Å². The molecule has 9 heteroatoms. The van der Waals surface area contributed by atoms with Gasteiger partial charge in [0.1, 0.15) is 16.2 Å². The normalized spacial score (nSPS) is 14.2. The van der Waals surface area contributed by atoms with Gasteiger partial charge in [-0.15, -0.1) is 11.3 Å². The van der Waals surface area contributed by atoms with Crippen molar-refractivity contribution in [1.29, 1.82) is 0 Å². The minimum absolute atomic E-state index is 0.0465. The van der Waals surface area contributed by atoms with Gasteiger partial charge in [0.2, 0.25) is 5.95 Å². The van der Waals surface area contributed by atoms with Crippen molar-refractivity contribution in [2.45, 2.75) is 23.8 Å². The molecule has 32 heavy (non-hydrogen) atoms. The van der Waals surface area contributed by atoms with Crippen molar-refractivity contribution < 1.29 is 4.79 Å². The third-order valence-corrected chi connectivity index (χ3v) is 7.85. The molecular weight excluding hydrogens is 440 g/mol. The van der Waals surface area contributed by atoms with Gasteiger partial charge in [0.25, 0.3) is 5.91 Å². The van der Waals surface area contributed by atoms with E-state index in [-0.39, 0.29) is 5.91 Å². The topological polar surface area (TPSA) is 75.1 Å². The number of nitrogens with zero attached hydrogens (tertiary/aromatic N) is 6. The summed E-state index contributed by atoms with van der Waals surface area (Å²) in [5.41, 5.74) is 1.91. The van der Waals surface area contributed by atoms with Crippen LogP contribution >= 0.6 is 23.1 Å². The molecule has 0 radical (unpaired) electrons. The highest BCUT2D eigenvalue weighted by atomic mass is 32.2. The summed E-state index contributed by atoms with van der Waals surface area (Å²) < 4.78 is 0. The maximum absolute atomic E-state index is 13.4. The van der Waals surface area contributed by atoms with Crippen molar-refractivity contribution in [3.63, 3.8) is 0 Å². The van der Waals surface area contributed by atoms with Crippen LogP contribution in [-0.4, -0.2) is 56.9 Å². The van der Waals surface area contributed by atoms with Crippen LogP contribution in [0.5, 0.6) is 0 Å². The van der Waals surface area contributed by atoms with Gasteiger partial charge in [-0.25, -0.2) is 19.9 Å². The summed E-state index contributed by atoms with van der Waals surface area (Å²) in [6.45, 7) is 6.91. The second-order valence-electron chi connectivity index (χ2n) is 7.57. The molecule has 1 aliphatic heterocycles. The number of anilines is 1. The molecule has 4 aromatic rings. The van der Waals surface area contributed by atoms with E-state index in [4.69, 9.17) is 0 Å². The SMILES string of the molecule is Cc1sc2ncnc(Sc3ccccc3C(=O)N3CCN(c4ncccn4)CC3)c2c1C. The number of piperazine rings is 1. The first-order chi connectivity index (χ1) is 15.6. The van der Waals surface area contributed by atoms with E-state index in [2.05, 4.69) is 38.7 Å². The van der Waals surface area contributed by atoms with Crippen molar-refractivity contribution in [2.24, 2.45) is 0 Å². The van der Waals surface area contributed by atoms with Crippen LogP contribution in [0.4, 0.5) is 5.95 Å². The molecule has 162 valence electrons. The molecule has 3 aromatic heterocycles. The Morgan fingerprint density at radius 3 is 2.50 bits per heavy atom. The van der Waals surface area contributed by atoms with Gasteiger partial charge in [0, 0.05) is 53.7 Å². The maximum Gasteiger partial charge on any atom is 0.255 e. The van der Waals surface area contributed by atoms with Gasteiger partial charge in [-0.3, -0.25) is 4.79 Å². The maximum atomic E-state index is 13.4. The van der Waals surface area contributed by atoms with E-state index in [0.717, 1.165) is 20.1 Å². The van der Waals surface area contributed by atoms with Gasteiger partial charge in [-0.2, -0.15) is 0 Å². The van der Waals surface area contributed by atoms with E-state index in [1.807, 2.05) is 35.2 Å². The third-order valence-electron chi connectivity index (χ3n) is 5.66. The molecule has 0 N–H and O–H groups in total. The molecule has 0 bridgehead atoms. The minimum Gasteiger partial charge on any atom is -0.337 e. The van der Waals surface area contributed by atoms with Gasteiger partial charge < -0.3 is 9.80 Å². The number of hydrogen-bond acceptors (Lipinski definition) is 8. The average molecular weight is 463 g/mol. The first-order valence-corrected chi connectivity index (χ1v) is 12.0. The van der Waals surface area contributed by atoms with E-state index in [9.17, 15) is 4.79 Å². The third kappa shape index (κ3) is 3.93. The predicted octanol–water partition coefficient (Wildman–Crippen LogP) is 4.21. The largest absolute Gasteiger partial charge is 0.337 e. The van der Waals surface area contributed by atoms with Crippen molar-refractivity contribution in [3.8, 4) is 0 Å². The average Bonchev–Trinajstić information content (AvgIpc) is 3.14. The first kappa shape index (κ1) is 20.8. The monoisotopic (exact) mass is 462 g/mol. The summed E-state index contributed by atoms with van der Waals surface area (Å²) in [5, 5.41) is 1.97. The van der Waals surface area contributed by atoms with Gasteiger partial charge in [0.05, 0.1) is 5.56 Å². The lowest BCUT2D eigenvalue weighted by molar-refractivity contribution is 0.0742. The van der Waals surface area contributed by atoms with Crippen LogP contribution in [0.25, 0.3) is 10.2 Å². The highest BCUT2D eigenvalue weighted by Gasteiger charge is 2.25. The Morgan fingerprint density at radius 1 is 0.969 bits per heavy atom. The Balaban J connectivity index is 1.37. The van der Waals surface area contributed by atoms with Crippen LogP contribution in [0.2, 0.25) is 0 Å². The molecule has 1 fully saturated rings. The van der Waals surface area contributed by atoms with Gasteiger partial charge >= 0.3 is 0 Å². The second kappa shape index (κ2) is 8.84.